The quantitative estimate of drug-likeness (QED) is 0.870. The highest BCUT2D eigenvalue weighted by Crippen LogP contribution is 2.13. The molecule has 0 aliphatic heterocycles. The third-order valence-electron chi connectivity index (χ3n) is 2.23. The molecule has 0 aromatic heterocycles. The van der Waals surface area contributed by atoms with Crippen molar-refractivity contribution in [3.05, 3.63) is 35.6 Å². The first kappa shape index (κ1) is 13.2. The standard InChI is InChI=1S/C13H15FN2O/c1-9(2)7-13(17)16-12(8-15)10-3-5-11(14)6-4-10/h3-6,9,12H,7H2,1-2H3,(H,16,17). The van der Waals surface area contributed by atoms with Gasteiger partial charge >= 0.3 is 0 Å². The maximum Gasteiger partial charge on any atom is 0.221 e. The van der Waals surface area contributed by atoms with Gasteiger partial charge in [-0.2, -0.15) is 5.26 Å². The predicted octanol–water partition coefficient (Wildman–Crippen LogP) is 2.55. The molecule has 0 saturated carbocycles. The van der Waals surface area contributed by atoms with E-state index in [1.165, 1.54) is 24.3 Å². The number of rotatable bonds is 4. The summed E-state index contributed by atoms with van der Waals surface area (Å²) < 4.78 is 12.7. The van der Waals surface area contributed by atoms with Crippen molar-refractivity contribution in [1.29, 1.82) is 5.26 Å². The smallest absolute Gasteiger partial charge is 0.221 e. The van der Waals surface area contributed by atoms with Gasteiger partial charge in [-0.1, -0.05) is 26.0 Å². The van der Waals surface area contributed by atoms with Crippen molar-refractivity contribution in [3.63, 3.8) is 0 Å². The fraction of sp³-hybridized carbons (Fsp3) is 0.385. The van der Waals surface area contributed by atoms with Crippen LogP contribution in [0.5, 0.6) is 0 Å². The van der Waals surface area contributed by atoms with Crippen LogP contribution in [-0.2, 0) is 4.79 Å². The van der Waals surface area contributed by atoms with E-state index in [4.69, 9.17) is 5.26 Å². The van der Waals surface area contributed by atoms with E-state index < -0.39 is 6.04 Å². The number of benzene rings is 1. The van der Waals surface area contributed by atoms with Gasteiger partial charge in [0, 0.05) is 6.42 Å². The third-order valence-corrected chi connectivity index (χ3v) is 2.23. The fourth-order valence-electron chi connectivity index (χ4n) is 1.44. The van der Waals surface area contributed by atoms with Crippen molar-refractivity contribution >= 4 is 5.91 Å². The molecular formula is C13H15FN2O. The summed E-state index contributed by atoms with van der Waals surface area (Å²) in [5, 5.41) is 11.6. The van der Waals surface area contributed by atoms with Crippen LogP contribution < -0.4 is 5.32 Å². The van der Waals surface area contributed by atoms with Gasteiger partial charge in [0.15, 0.2) is 0 Å². The molecule has 4 heteroatoms. The first-order chi connectivity index (χ1) is 8.02. The molecule has 1 aromatic rings. The Kier molecular flexibility index (Phi) is 4.65. The van der Waals surface area contributed by atoms with Crippen LogP contribution in [0.1, 0.15) is 31.9 Å². The van der Waals surface area contributed by atoms with E-state index in [1.54, 1.807) is 0 Å². The summed E-state index contributed by atoms with van der Waals surface area (Å²) in [5.41, 5.74) is 0.589. The minimum atomic E-state index is -0.721. The zero-order valence-electron chi connectivity index (χ0n) is 9.90. The monoisotopic (exact) mass is 234 g/mol. The van der Waals surface area contributed by atoms with Gasteiger partial charge in [-0.3, -0.25) is 4.79 Å². The molecule has 1 rings (SSSR count). The molecule has 0 radical (unpaired) electrons. The molecule has 0 aliphatic carbocycles. The summed E-state index contributed by atoms with van der Waals surface area (Å²) >= 11 is 0. The summed E-state index contributed by atoms with van der Waals surface area (Å²) in [5.74, 6) is -0.294. The third kappa shape index (κ3) is 4.23. The van der Waals surface area contributed by atoms with Crippen molar-refractivity contribution in [2.24, 2.45) is 5.92 Å². The van der Waals surface area contributed by atoms with Gasteiger partial charge < -0.3 is 5.32 Å². The van der Waals surface area contributed by atoms with E-state index in [0.29, 0.717) is 12.0 Å². The summed E-state index contributed by atoms with van der Waals surface area (Å²) in [6.45, 7) is 3.86. The molecule has 17 heavy (non-hydrogen) atoms. The zero-order chi connectivity index (χ0) is 12.8. The Hall–Kier alpha value is -1.89. The Morgan fingerprint density at radius 3 is 2.47 bits per heavy atom. The first-order valence-corrected chi connectivity index (χ1v) is 5.47. The number of halogens is 1. The first-order valence-electron chi connectivity index (χ1n) is 5.47. The Morgan fingerprint density at radius 2 is 2.00 bits per heavy atom. The normalized spacial score (nSPS) is 11.9. The molecule has 0 heterocycles. The number of carbonyl (C=O) groups excluding carboxylic acids is 1. The Bertz CT molecular complexity index is 420. The largest absolute Gasteiger partial charge is 0.337 e. The van der Waals surface area contributed by atoms with Gasteiger partial charge in [-0.25, -0.2) is 4.39 Å². The van der Waals surface area contributed by atoms with Crippen LogP contribution in [0.3, 0.4) is 0 Å². The Labute approximate surface area is 100 Å². The van der Waals surface area contributed by atoms with E-state index >= 15 is 0 Å². The summed E-state index contributed by atoms with van der Waals surface area (Å²) in [6.07, 6.45) is 0.374. The van der Waals surface area contributed by atoms with Crippen molar-refractivity contribution in [1.82, 2.24) is 5.32 Å². The van der Waals surface area contributed by atoms with E-state index in [0.717, 1.165) is 0 Å². The van der Waals surface area contributed by atoms with E-state index in [-0.39, 0.29) is 17.6 Å². The van der Waals surface area contributed by atoms with Crippen molar-refractivity contribution in [2.45, 2.75) is 26.3 Å². The van der Waals surface area contributed by atoms with Gasteiger partial charge in [-0.05, 0) is 23.6 Å². The van der Waals surface area contributed by atoms with Gasteiger partial charge in [0.25, 0.3) is 0 Å². The van der Waals surface area contributed by atoms with Gasteiger partial charge in [0.05, 0.1) is 6.07 Å². The molecular weight excluding hydrogens is 219 g/mol. The number of nitriles is 1. The molecule has 1 atom stereocenters. The average molecular weight is 234 g/mol. The lowest BCUT2D eigenvalue weighted by molar-refractivity contribution is -0.122. The lowest BCUT2D eigenvalue weighted by Gasteiger charge is -2.12. The number of hydrogen-bond donors (Lipinski definition) is 1. The van der Waals surface area contributed by atoms with Crippen molar-refractivity contribution in [3.8, 4) is 6.07 Å². The molecule has 90 valence electrons. The summed E-state index contributed by atoms with van der Waals surface area (Å²) in [7, 11) is 0. The van der Waals surface area contributed by atoms with E-state index in [9.17, 15) is 9.18 Å². The number of carbonyl (C=O) groups is 1. The molecule has 1 N–H and O–H groups in total. The Morgan fingerprint density at radius 1 is 1.41 bits per heavy atom. The second-order valence-electron chi connectivity index (χ2n) is 4.28. The second kappa shape index (κ2) is 6.00. The molecule has 1 amide bonds. The average Bonchev–Trinajstić information content (AvgIpc) is 2.26. The molecule has 3 nitrogen and oxygen atoms in total. The molecule has 0 fully saturated rings. The van der Waals surface area contributed by atoms with Crippen LogP contribution in [0, 0.1) is 23.1 Å². The van der Waals surface area contributed by atoms with E-state index in [2.05, 4.69) is 5.32 Å². The molecule has 0 spiro atoms. The van der Waals surface area contributed by atoms with Crippen LogP contribution in [0.4, 0.5) is 4.39 Å². The minimum absolute atomic E-state index is 0.170. The summed E-state index contributed by atoms with van der Waals surface area (Å²) in [6, 6.07) is 6.81. The number of nitrogens with one attached hydrogen (secondary N) is 1. The second-order valence-corrected chi connectivity index (χ2v) is 4.28. The highest BCUT2D eigenvalue weighted by Gasteiger charge is 2.14. The van der Waals surface area contributed by atoms with Crippen LogP contribution >= 0.6 is 0 Å². The van der Waals surface area contributed by atoms with Crippen LogP contribution in [-0.4, -0.2) is 5.91 Å². The number of amides is 1. The number of hydrogen-bond acceptors (Lipinski definition) is 2. The van der Waals surface area contributed by atoms with E-state index in [1.807, 2.05) is 19.9 Å². The van der Waals surface area contributed by atoms with Gasteiger partial charge in [0.2, 0.25) is 5.91 Å². The molecule has 0 aliphatic rings. The topological polar surface area (TPSA) is 52.9 Å². The highest BCUT2D eigenvalue weighted by atomic mass is 19.1. The Balaban J connectivity index is 2.70. The molecule has 0 saturated heterocycles. The SMILES string of the molecule is CC(C)CC(=O)NC(C#N)c1ccc(F)cc1. The van der Waals surface area contributed by atoms with Gasteiger partial charge in [0.1, 0.15) is 11.9 Å². The molecule has 0 bridgehead atoms. The maximum absolute atomic E-state index is 12.7. The van der Waals surface area contributed by atoms with Crippen LogP contribution in [0.15, 0.2) is 24.3 Å². The zero-order valence-corrected chi connectivity index (χ0v) is 9.90. The maximum atomic E-state index is 12.7. The molecule has 1 aromatic carbocycles. The lowest BCUT2D eigenvalue weighted by atomic mass is 10.1. The van der Waals surface area contributed by atoms with Gasteiger partial charge in [-0.15, -0.1) is 0 Å². The van der Waals surface area contributed by atoms with Crippen molar-refractivity contribution in [2.75, 3.05) is 0 Å². The lowest BCUT2D eigenvalue weighted by Crippen LogP contribution is -2.28. The summed E-state index contributed by atoms with van der Waals surface area (Å²) in [4.78, 5) is 11.5. The fourth-order valence-corrected chi connectivity index (χ4v) is 1.44. The highest BCUT2D eigenvalue weighted by molar-refractivity contribution is 5.77. The van der Waals surface area contributed by atoms with Crippen molar-refractivity contribution < 1.29 is 9.18 Å². The molecule has 1 unspecified atom stereocenters. The number of nitrogens with zero attached hydrogens (tertiary/aromatic N) is 1. The van der Waals surface area contributed by atoms with Crippen LogP contribution in [0.25, 0.3) is 0 Å². The minimum Gasteiger partial charge on any atom is -0.337 e. The predicted molar refractivity (Wildman–Crippen MR) is 62.4 cm³/mol. The van der Waals surface area contributed by atoms with Crippen LogP contribution in [0.2, 0.25) is 0 Å².